The molecule has 6 heteroatoms. The average molecular weight is 264 g/mol. The molecule has 0 saturated carbocycles. The summed E-state index contributed by atoms with van der Waals surface area (Å²) in [5.74, 6) is 2.03. The molecule has 0 amide bonds. The lowest BCUT2D eigenvalue weighted by Gasteiger charge is -2.31. The van der Waals surface area contributed by atoms with Gasteiger partial charge in [-0.2, -0.15) is 0 Å². The quantitative estimate of drug-likeness (QED) is 0.827. The number of ether oxygens (including phenoxy) is 1. The summed E-state index contributed by atoms with van der Waals surface area (Å²) in [7, 11) is 1.37. The van der Waals surface area contributed by atoms with Crippen molar-refractivity contribution in [1.29, 1.82) is 0 Å². The molecule has 1 aliphatic heterocycles. The molecular formula is C13H20N4O2. The van der Waals surface area contributed by atoms with Crippen LogP contribution in [0.15, 0.2) is 12.4 Å². The molecule has 19 heavy (non-hydrogen) atoms. The van der Waals surface area contributed by atoms with Gasteiger partial charge in [-0.25, -0.2) is 9.97 Å². The Morgan fingerprint density at radius 1 is 1.47 bits per heavy atom. The Hall–Kier alpha value is -1.85. The molecule has 1 N–H and O–H groups in total. The van der Waals surface area contributed by atoms with E-state index in [1.54, 1.807) is 0 Å². The van der Waals surface area contributed by atoms with E-state index >= 15 is 0 Å². The van der Waals surface area contributed by atoms with Gasteiger partial charge in [-0.1, -0.05) is 6.92 Å². The Morgan fingerprint density at radius 2 is 2.21 bits per heavy atom. The van der Waals surface area contributed by atoms with Crippen molar-refractivity contribution in [3.05, 3.63) is 12.4 Å². The minimum absolute atomic E-state index is 0.115. The normalized spacial score (nSPS) is 16.2. The second-order valence-electron chi connectivity index (χ2n) is 4.86. The van der Waals surface area contributed by atoms with Crippen LogP contribution in [-0.2, 0) is 9.53 Å². The SMILES string of the molecule is COC(=O)CNc1cc(N2CCC(C)CC2)ncn1. The van der Waals surface area contributed by atoms with Crippen LogP contribution in [0.4, 0.5) is 11.6 Å². The van der Waals surface area contributed by atoms with Gasteiger partial charge in [0.25, 0.3) is 0 Å². The molecule has 0 aromatic carbocycles. The molecule has 0 bridgehead atoms. The standard InChI is InChI=1S/C13H20N4O2/c1-10-3-5-17(6-4-10)12-7-11(15-9-16-12)14-8-13(18)19-2/h7,9-10H,3-6,8H2,1-2H3,(H,14,15,16). The van der Waals surface area contributed by atoms with Crippen molar-refractivity contribution in [2.75, 3.05) is 37.0 Å². The van der Waals surface area contributed by atoms with E-state index in [2.05, 4.69) is 31.8 Å². The van der Waals surface area contributed by atoms with Gasteiger partial charge >= 0.3 is 5.97 Å². The zero-order valence-electron chi connectivity index (χ0n) is 11.4. The fourth-order valence-corrected chi connectivity index (χ4v) is 2.09. The number of piperidine rings is 1. The molecule has 1 aromatic heterocycles. The topological polar surface area (TPSA) is 67.3 Å². The molecule has 1 saturated heterocycles. The van der Waals surface area contributed by atoms with Gasteiger partial charge in [-0.05, 0) is 18.8 Å². The summed E-state index contributed by atoms with van der Waals surface area (Å²) < 4.78 is 4.58. The van der Waals surface area contributed by atoms with Gasteiger partial charge in [-0.15, -0.1) is 0 Å². The number of hydrogen-bond donors (Lipinski definition) is 1. The molecule has 2 heterocycles. The van der Waals surface area contributed by atoms with Gasteiger partial charge in [0.15, 0.2) is 0 Å². The molecule has 1 fully saturated rings. The highest BCUT2D eigenvalue weighted by atomic mass is 16.5. The first-order valence-electron chi connectivity index (χ1n) is 6.56. The van der Waals surface area contributed by atoms with E-state index in [9.17, 15) is 4.79 Å². The predicted molar refractivity (Wildman–Crippen MR) is 73.1 cm³/mol. The predicted octanol–water partition coefficient (Wildman–Crippen LogP) is 1.30. The number of aromatic nitrogens is 2. The maximum atomic E-state index is 11.1. The Labute approximate surface area is 113 Å². The van der Waals surface area contributed by atoms with Crippen LogP contribution in [0, 0.1) is 5.92 Å². The largest absolute Gasteiger partial charge is 0.468 e. The third-order valence-corrected chi connectivity index (χ3v) is 3.40. The Bertz CT molecular complexity index is 430. The number of carbonyl (C=O) groups excluding carboxylic acids is 1. The van der Waals surface area contributed by atoms with Crippen LogP contribution in [0.2, 0.25) is 0 Å². The molecule has 0 radical (unpaired) electrons. The van der Waals surface area contributed by atoms with Crippen molar-refractivity contribution in [2.24, 2.45) is 5.92 Å². The van der Waals surface area contributed by atoms with Crippen LogP contribution in [0.3, 0.4) is 0 Å². The zero-order chi connectivity index (χ0) is 13.7. The van der Waals surface area contributed by atoms with Crippen LogP contribution in [0.25, 0.3) is 0 Å². The van der Waals surface area contributed by atoms with Crippen molar-refractivity contribution in [3.8, 4) is 0 Å². The maximum absolute atomic E-state index is 11.1. The van der Waals surface area contributed by atoms with E-state index in [0.29, 0.717) is 5.82 Å². The molecule has 0 aliphatic carbocycles. The molecule has 6 nitrogen and oxygen atoms in total. The van der Waals surface area contributed by atoms with Gasteiger partial charge in [0.05, 0.1) is 7.11 Å². The average Bonchev–Trinajstić information content (AvgIpc) is 2.46. The number of nitrogens with one attached hydrogen (secondary N) is 1. The van der Waals surface area contributed by atoms with Gasteiger partial charge in [0.2, 0.25) is 0 Å². The number of carbonyl (C=O) groups is 1. The van der Waals surface area contributed by atoms with Gasteiger partial charge in [0.1, 0.15) is 24.5 Å². The Kier molecular flexibility index (Phi) is 4.54. The summed E-state index contributed by atoms with van der Waals surface area (Å²) in [6.07, 6.45) is 3.90. The van der Waals surface area contributed by atoms with E-state index in [1.165, 1.54) is 26.3 Å². The third kappa shape index (κ3) is 3.81. The maximum Gasteiger partial charge on any atom is 0.325 e. The van der Waals surface area contributed by atoms with Gasteiger partial charge in [0, 0.05) is 19.2 Å². The smallest absolute Gasteiger partial charge is 0.325 e. The minimum atomic E-state index is -0.313. The third-order valence-electron chi connectivity index (χ3n) is 3.40. The highest BCUT2D eigenvalue weighted by molar-refractivity contribution is 5.74. The van der Waals surface area contributed by atoms with Gasteiger partial charge in [-0.3, -0.25) is 4.79 Å². The summed E-state index contributed by atoms with van der Waals surface area (Å²) in [6, 6.07) is 1.87. The second-order valence-corrected chi connectivity index (χ2v) is 4.86. The van der Waals surface area contributed by atoms with Gasteiger partial charge < -0.3 is 15.0 Å². The highest BCUT2D eigenvalue weighted by Gasteiger charge is 2.17. The van der Waals surface area contributed by atoms with Crippen LogP contribution >= 0.6 is 0 Å². The van der Waals surface area contributed by atoms with Crippen molar-refractivity contribution < 1.29 is 9.53 Å². The first-order valence-corrected chi connectivity index (χ1v) is 6.56. The molecule has 1 aliphatic rings. The number of rotatable bonds is 4. The van der Waals surface area contributed by atoms with E-state index < -0.39 is 0 Å². The highest BCUT2D eigenvalue weighted by Crippen LogP contribution is 2.22. The van der Waals surface area contributed by atoms with Crippen molar-refractivity contribution in [2.45, 2.75) is 19.8 Å². The summed E-state index contributed by atoms with van der Waals surface area (Å²) in [5, 5.41) is 2.93. The fourth-order valence-electron chi connectivity index (χ4n) is 2.09. The van der Waals surface area contributed by atoms with Crippen LogP contribution < -0.4 is 10.2 Å². The van der Waals surface area contributed by atoms with E-state index in [1.807, 2.05) is 6.07 Å². The number of anilines is 2. The van der Waals surface area contributed by atoms with Crippen LogP contribution in [-0.4, -0.2) is 42.7 Å². The van der Waals surface area contributed by atoms with Crippen molar-refractivity contribution in [1.82, 2.24) is 9.97 Å². The van der Waals surface area contributed by atoms with E-state index in [4.69, 9.17) is 0 Å². The summed E-state index contributed by atoms with van der Waals surface area (Å²) in [5.41, 5.74) is 0. The molecule has 0 spiro atoms. The molecular weight excluding hydrogens is 244 g/mol. The van der Waals surface area contributed by atoms with Crippen molar-refractivity contribution >= 4 is 17.6 Å². The molecule has 1 aromatic rings. The lowest BCUT2D eigenvalue weighted by atomic mass is 9.99. The second kappa shape index (κ2) is 6.36. The summed E-state index contributed by atoms with van der Waals surface area (Å²) in [4.78, 5) is 21.7. The number of nitrogens with zero attached hydrogens (tertiary/aromatic N) is 3. The monoisotopic (exact) mass is 264 g/mol. The molecule has 2 rings (SSSR count). The molecule has 104 valence electrons. The van der Waals surface area contributed by atoms with E-state index in [-0.39, 0.29) is 12.5 Å². The lowest BCUT2D eigenvalue weighted by molar-refractivity contribution is -0.138. The molecule has 0 unspecified atom stereocenters. The molecule has 0 atom stereocenters. The summed E-state index contributed by atoms with van der Waals surface area (Å²) >= 11 is 0. The number of methoxy groups -OCH3 is 1. The first-order chi connectivity index (χ1) is 9.19. The Morgan fingerprint density at radius 3 is 2.89 bits per heavy atom. The Balaban J connectivity index is 1.96. The lowest BCUT2D eigenvalue weighted by Crippen LogP contribution is -2.33. The number of esters is 1. The zero-order valence-corrected chi connectivity index (χ0v) is 11.4. The number of hydrogen-bond acceptors (Lipinski definition) is 6. The first kappa shape index (κ1) is 13.6. The van der Waals surface area contributed by atoms with Crippen LogP contribution in [0.1, 0.15) is 19.8 Å². The van der Waals surface area contributed by atoms with E-state index in [0.717, 1.165) is 24.8 Å². The minimum Gasteiger partial charge on any atom is -0.468 e. The summed E-state index contributed by atoms with van der Waals surface area (Å²) in [6.45, 7) is 4.44. The van der Waals surface area contributed by atoms with Crippen molar-refractivity contribution in [3.63, 3.8) is 0 Å². The fraction of sp³-hybridized carbons (Fsp3) is 0.615. The van der Waals surface area contributed by atoms with Crippen LogP contribution in [0.5, 0.6) is 0 Å².